The van der Waals surface area contributed by atoms with Crippen LogP contribution < -0.4 is 5.32 Å². The molecule has 1 saturated heterocycles. The number of aliphatic hydroxyl groups is 1. The molecule has 1 heterocycles. The summed E-state index contributed by atoms with van der Waals surface area (Å²) in [6.45, 7) is 7.12. The molecule has 0 bridgehead atoms. The van der Waals surface area contributed by atoms with Crippen molar-refractivity contribution >= 4 is 0 Å². The van der Waals surface area contributed by atoms with Crippen LogP contribution in [0.1, 0.15) is 25.8 Å². The van der Waals surface area contributed by atoms with Crippen molar-refractivity contribution in [3.63, 3.8) is 0 Å². The normalized spacial score (nSPS) is 24.2. The zero-order valence-corrected chi connectivity index (χ0v) is 12.3. The Balaban J connectivity index is 1.99. The van der Waals surface area contributed by atoms with Gasteiger partial charge in [-0.2, -0.15) is 0 Å². The van der Waals surface area contributed by atoms with Crippen molar-refractivity contribution in [3.8, 4) is 0 Å². The average Bonchev–Trinajstić information content (AvgIpc) is 2.41. The van der Waals surface area contributed by atoms with E-state index in [1.807, 2.05) is 12.1 Å². The molecule has 0 saturated carbocycles. The van der Waals surface area contributed by atoms with Gasteiger partial charge in [0.2, 0.25) is 0 Å². The van der Waals surface area contributed by atoms with E-state index in [-0.39, 0.29) is 18.5 Å². The Kier molecular flexibility index (Phi) is 5.52. The summed E-state index contributed by atoms with van der Waals surface area (Å²) in [6, 6.07) is 7.25. The number of nitrogens with one attached hydrogen (secondary N) is 1. The van der Waals surface area contributed by atoms with Crippen molar-refractivity contribution in [1.29, 1.82) is 0 Å². The number of hydrogen-bond donors (Lipinski definition) is 2. The van der Waals surface area contributed by atoms with E-state index < -0.39 is 0 Å². The number of halogens is 1. The highest BCUT2D eigenvalue weighted by Gasteiger charge is 2.27. The van der Waals surface area contributed by atoms with Crippen molar-refractivity contribution in [3.05, 3.63) is 35.6 Å². The first kappa shape index (κ1) is 15.4. The fourth-order valence-corrected chi connectivity index (χ4v) is 2.85. The van der Waals surface area contributed by atoms with Gasteiger partial charge >= 0.3 is 0 Å². The minimum absolute atomic E-state index is 0.142. The van der Waals surface area contributed by atoms with Gasteiger partial charge in [-0.1, -0.05) is 26.0 Å². The fourth-order valence-electron chi connectivity index (χ4n) is 2.85. The van der Waals surface area contributed by atoms with E-state index in [2.05, 4.69) is 24.1 Å². The van der Waals surface area contributed by atoms with Crippen LogP contribution in [0.4, 0.5) is 4.39 Å². The molecule has 0 aliphatic carbocycles. The van der Waals surface area contributed by atoms with Gasteiger partial charge in [0.15, 0.2) is 0 Å². The van der Waals surface area contributed by atoms with Crippen LogP contribution in [0.2, 0.25) is 0 Å². The van der Waals surface area contributed by atoms with Crippen molar-refractivity contribution in [2.75, 3.05) is 19.7 Å². The third-order valence-corrected chi connectivity index (χ3v) is 3.88. The lowest BCUT2D eigenvalue weighted by atomic mass is 9.99. The van der Waals surface area contributed by atoms with Crippen LogP contribution in [0.5, 0.6) is 0 Å². The molecule has 112 valence electrons. The maximum atomic E-state index is 12.9. The minimum atomic E-state index is -0.203. The topological polar surface area (TPSA) is 35.5 Å². The van der Waals surface area contributed by atoms with Crippen molar-refractivity contribution in [1.82, 2.24) is 10.2 Å². The second kappa shape index (κ2) is 7.16. The zero-order chi connectivity index (χ0) is 14.5. The largest absolute Gasteiger partial charge is 0.395 e. The van der Waals surface area contributed by atoms with Gasteiger partial charge in [0.1, 0.15) is 5.82 Å². The summed E-state index contributed by atoms with van der Waals surface area (Å²) in [5.74, 6) is 0.455. The van der Waals surface area contributed by atoms with Crippen LogP contribution >= 0.6 is 0 Å². The highest BCUT2D eigenvalue weighted by molar-refractivity contribution is 5.16. The Hall–Kier alpha value is -0.970. The maximum absolute atomic E-state index is 12.9. The first-order valence-electron chi connectivity index (χ1n) is 7.41. The van der Waals surface area contributed by atoms with Gasteiger partial charge in [-0.25, -0.2) is 4.39 Å². The van der Waals surface area contributed by atoms with E-state index in [0.29, 0.717) is 12.0 Å². The van der Waals surface area contributed by atoms with E-state index in [9.17, 15) is 9.50 Å². The number of aliphatic hydroxyl groups excluding tert-OH is 1. The summed E-state index contributed by atoms with van der Waals surface area (Å²) in [5.41, 5.74) is 1.09. The van der Waals surface area contributed by atoms with Crippen LogP contribution in [-0.4, -0.2) is 41.8 Å². The maximum Gasteiger partial charge on any atom is 0.123 e. The smallest absolute Gasteiger partial charge is 0.123 e. The number of hydrogen-bond acceptors (Lipinski definition) is 3. The fraction of sp³-hybridized carbons (Fsp3) is 0.625. The molecule has 1 aromatic carbocycles. The van der Waals surface area contributed by atoms with Crippen molar-refractivity contribution < 1.29 is 9.50 Å². The van der Waals surface area contributed by atoms with Crippen molar-refractivity contribution in [2.45, 2.75) is 38.9 Å². The van der Waals surface area contributed by atoms with E-state index >= 15 is 0 Å². The minimum Gasteiger partial charge on any atom is -0.395 e. The summed E-state index contributed by atoms with van der Waals surface area (Å²) in [6.07, 6.45) is 1.14. The van der Waals surface area contributed by atoms with Gasteiger partial charge in [-0.05, 0) is 30.0 Å². The molecule has 3 nitrogen and oxygen atoms in total. The monoisotopic (exact) mass is 280 g/mol. The highest BCUT2D eigenvalue weighted by Crippen LogP contribution is 2.16. The molecule has 1 aliphatic heterocycles. The van der Waals surface area contributed by atoms with Crippen LogP contribution in [0, 0.1) is 11.7 Å². The quantitative estimate of drug-likeness (QED) is 0.866. The second-order valence-corrected chi connectivity index (χ2v) is 6.13. The third-order valence-electron chi connectivity index (χ3n) is 3.88. The van der Waals surface area contributed by atoms with E-state index in [1.165, 1.54) is 12.1 Å². The van der Waals surface area contributed by atoms with Gasteiger partial charge in [-0.15, -0.1) is 0 Å². The number of benzene rings is 1. The Morgan fingerprint density at radius 2 is 2.05 bits per heavy atom. The highest BCUT2D eigenvalue weighted by atomic mass is 19.1. The summed E-state index contributed by atoms with van der Waals surface area (Å²) < 4.78 is 12.9. The summed E-state index contributed by atoms with van der Waals surface area (Å²) in [4.78, 5) is 2.30. The molecule has 0 radical (unpaired) electrons. The lowest BCUT2D eigenvalue weighted by Gasteiger charge is -2.40. The molecule has 0 spiro atoms. The van der Waals surface area contributed by atoms with Crippen LogP contribution in [-0.2, 0) is 6.54 Å². The predicted molar refractivity (Wildman–Crippen MR) is 78.9 cm³/mol. The second-order valence-electron chi connectivity index (χ2n) is 6.13. The standard InChI is InChI=1S/C16H25FN2O/c1-12(2)7-15-10-19(16(11-20)8-18-15)9-13-3-5-14(17)6-4-13/h3-6,12,15-16,18,20H,7-11H2,1-2H3. The molecule has 2 unspecified atom stereocenters. The predicted octanol–water partition coefficient (Wildman–Crippen LogP) is 2.01. The Morgan fingerprint density at radius 3 is 2.65 bits per heavy atom. The average molecular weight is 280 g/mol. The lowest BCUT2D eigenvalue weighted by Crippen LogP contribution is -2.57. The Morgan fingerprint density at radius 1 is 1.35 bits per heavy atom. The summed E-state index contributed by atoms with van der Waals surface area (Å²) in [5, 5.41) is 13.0. The number of nitrogens with zero attached hydrogens (tertiary/aromatic N) is 1. The van der Waals surface area contributed by atoms with Crippen LogP contribution in [0.3, 0.4) is 0 Å². The molecular formula is C16H25FN2O. The van der Waals surface area contributed by atoms with Gasteiger partial charge < -0.3 is 10.4 Å². The molecule has 2 N–H and O–H groups in total. The van der Waals surface area contributed by atoms with E-state index in [0.717, 1.165) is 31.6 Å². The van der Waals surface area contributed by atoms with Crippen molar-refractivity contribution in [2.24, 2.45) is 5.92 Å². The SMILES string of the molecule is CC(C)CC1CN(Cc2ccc(F)cc2)C(CO)CN1. The summed E-state index contributed by atoms with van der Waals surface area (Å²) in [7, 11) is 0. The summed E-state index contributed by atoms with van der Waals surface area (Å²) >= 11 is 0. The lowest BCUT2D eigenvalue weighted by molar-refractivity contribution is 0.0700. The molecule has 1 aliphatic rings. The molecule has 0 amide bonds. The molecule has 1 aromatic rings. The van der Waals surface area contributed by atoms with Gasteiger partial charge in [0, 0.05) is 31.7 Å². The Labute approximate surface area is 120 Å². The third kappa shape index (κ3) is 4.27. The molecule has 2 atom stereocenters. The molecule has 0 aromatic heterocycles. The number of piperazine rings is 1. The van der Waals surface area contributed by atoms with Gasteiger partial charge in [-0.3, -0.25) is 4.90 Å². The van der Waals surface area contributed by atoms with Gasteiger partial charge in [0.25, 0.3) is 0 Å². The van der Waals surface area contributed by atoms with Gasteiger partial charge in [0.05, 0.1) is 6.61 Å². The molecule has 1 fully saturated rings. The Bertz CT molecular complexity index is 407. The molecular weight excluding hydrogens is 255 g/mol. The molecule has 20 heavy (non-hydrogen) atoms. The zero-order valence-electron chi connectivity index (χ0n) is 12.3. The van der Waals surface area contributed by atoms with E-state index in [4.69, 9.17) is 0 Å². The van der Waals surface area contributed by atoms with E-state index in [1.54, 1.807) is 0 Å². The van der Waals surface area contributed by atoms with Crippen LogP contribution in [0.15, 0.2) is 24.3 Å². The first-order valence-corrected chi connectivity index (χ1v) is 7.41. The molecule has 2 rings (SSSR count). The molecule has 4 heteroatoms. The number of rotatable bonds is 5. The van der Waals surface area contributed by atoms with Crippen LogP contribution in [0.25, 0.3) is 0 Å². The first-order chi connectivity index (χ1) is 9.58.